The van der Waals surface area contributed by atoms with E-state index in [1.165, 1.54) is 0 Å². The Morgan fingerprint density at radius 2 is 1.22 bits per heavy atom. The minimum atomic E-state index is 0.352. The topological polar surface area (TPSA) is 13.0 Å². The predicted octanol–water partition coefficient (Wildman–Crippen LogP) is -0.0379. The normalized spacial score (nSPS) is 25.3. The Bertz CT molecular complexity index is 278. The average molecular weight is 268 g/mol. The van der Waals surface area contributed by atoms with Gasteiger partial charge in [-0.1, -0.05) is 0 Å². The fourth-order valence-corrected chi connectivity index (χ4v) is 2.80. The maximum Gasteiger partial charge on any atom is 0.0900 e. The highest BCUT2D eigenvalue weighted by Crippen LogP contribution is 2.13. The van der Waals surface area contributed by atoms with Crippen molar-refractivity contribution >= 4 is 17.2 Å². The van der Waals surface area contributed by atoms with Gasteiger partial charge in [0.15, 0.2) is 0 Å². The van der Waals surface area contributed by atoms with Crippen molar-refractivity contribution in [3.8, 4) is 0 Å². The Balaban J connectivity index is 1.97. The van der Waals surface area contributed by atoms with Crippen molar-refractivity contribution in [3.05, 3.63) is 6.08 Å². The van der Waals surface area contributed by atoms with E-state index in [1.54, 1.807) is 0 Å². The van der Waals surface area contributed by atoms with Gasteiger partial charge < -0.3 is 9.80 Å². The Hall–Kier alpha value is -0.290. The van der Waals surface area contributed by atoms with Crippen LogP contribution in [0.25, 0.3) is 0 Å². The average Bonchev–Trinajstić information content (AvgIpc) is 2.39. The van der Waals surface area contributed by atoms with Crippen LogP contribution in [0.4, 0.5) is 0 Å². The van der Waals surface area contributed by atoms with Crippen molar-refractivity contribution in [1.29, 1.82) is 0 Å². The van der Waals surface area contributed by atoms with Gasteiger partial charge in [-0.05, 0) is 31.3 Å². The molecule has 0 bridgehead atoms. The number of hydrogen-bond donors (Lipinski definition) is 0. The molecule has 2 aliphatic rings. The van der Waals surface area contributed by atoms with Crippen molar-refractivity contribution in [1.82, 2.24) is 19.6 Å². The number of hydrogen-bond acceptors (Lipinski definition) is 5. The first-order valence-electron chi connectivity index (χ1n) is 6.77. The zero-order chi connectivity index (χ0) is 13.0. The summed E-state index contributed by atoms with van der Waals surface area (Å²) in [6.45, 7) is 9.10. The molecule has 0 N–H and O–H groups in total. The molecule has 0 amide bonds. The second-order valence-corrected chi connectivity index (χ2v) is 5.61. The molecule has 0 unspecified atom stereocenters. The third-order valence-electron chi connectivity index (χ3n) is 4.04. The van der Waals surface area contributed by atoms with Crippen LogP contribution in [-0.2, 0) is 0 Å². The molecule has 4 nitrogen and oxygen atoms in total. The molecular formula is C13H24N4S. The van der Waals surface area contributed by atoms with Crippen molar-refractivity contribution in [3.63, 3.8) is 0 Å². The standard InChI is InChI=1S/C13H24N4S/c1-14-4-8-16(9-5-14)13(3-12-18)17-10-6-15(2)7-11-17/h3,13H,4-11H2,1-2H3. The molecule has 2 aliphatic heterocycles. The molecule has 2 fully saturated rings. The van der Waals surface area contributed by atoms with Gasteiger partial charge in [0.25, 0.3) is 0 Å². The first kappa shape index (κ1) is 14.1. The summed E-state index contributed by atoms with van der Waals surface area (Å²) in [5, 5.41) is 2.83. The van der Waals surface area contributed by atoms with Crippen LogP contribution in [0.3, 0.4) is 0 Å². The van der Waals surface area contributed by atoms with Crippen LogP contribution < -0.4 is 0 Å². The van der Waals surface area contributed by atoms with Crippen LogP contribution in [0.15, 0.2) is 6.08 Å². The van der Waals surface area contributed by atoms with E-state index in [-0.39, 0.29) is 0 Å². The molecule has 0 aliphatic carbocycles. The number of nitrogens with zero attached hydrogens (tertiary/aromatic N) is 4. The van der Waals surface area contributed by atoms with Crippen molar-refractivity contribution in [2.45, 2.75) is 6.17 Å². The van der Waals surface area contributed by atoms with E-state index in [9.17, 15) is 0 Å². The Morgan fingerprint density at radius 3 is 1.56 bits per heavy atom. The van der Waals surface area contributed by atoms with Gasteiger partial charge in [-0.15, -0.1) is 0 Å². The predicted molar refractivity (Wildman–Crippen MR) is 79.1 cm³/mol. The number of piperazine rings is 2. The summed E-state index contributed by atoms with van der Waals surface area (Å²) < 4.78 is 0. The SMILES string of the molecule is CN1CCN(C(C=C=S)N2CCN(C)CC2)CC1. The van der Waals surface area contributed by atoms with Crippen LogP contribution in [0.1, 0.15) is 0 Å². The molecule has 18 heavy (non-hydrogen) atoms. The van der Waals surface area contributed by atoms with E-state index in [2.05, 4.69) is 44.8 Å². The fraction of sp³-hybridized carbons (Fsp3) is 0.846. The zero-order valence-electron chi connectivity index (χ0n) is 11.5. The van der Waals surface area contributed by atoms with Gasteiger partial charge in [-0.2, -0.15) is 0 Å². The van der Waals surface area contributed by atoms with E-state index in [0.717, 1.165) is 52.4 Å². The van der Waals surface area contributed by atoms with Crippen LogP contribution in [0.2, 0.25) is 0 Å². The molecule has 102 valence electrons. The molecule has 0 atom stereocenters. The quantitative estimate of drug-likeness (QED) is 0.664. The summed E-state index contributed by atoms with van der Waals surface area (Å²) in [6.07, 6.45) is 2.41. The highest BCUT2D eigenvalue weighted by Gasteiger charge is 2.27. The van der Waals surface area contributed by atoms with Crippen LogP contribution in [-0.4, -0.2) is 97.2 Å². The molecule has 5 heteroatoms. The summed E-state index contributed by atoms with van der Waals surface area (Å²) in [6, 6.07) is 0. The molecule has 0 aromatic heterocycles. The van der Waals surface area contributed by atoms with Gasteiger partial charge in [0, 0.05) is 58.4 Å². The summed E-state index contributed by atoms with van der Waals surface area (Å²) in [7, 11) is 4.38. The molecular weight excluding hydrogens is 244 g/mol. The summed E-state index contributed by atoms with van der Waals surface area (Å²) in [5.41, 5.74) is 0. The van der Waals surface area contributed by atoms with Gasteiger partial charge >= 0.3 is 0 Å². The summed E-state index contributed by atoms with van der Waals surface area (Å²) in [5.74, 6) is 0. The van der Waals surface area contributed by atoms with E-state index in [0.29, 0.717) is 6.17 Å². The monoisotopic (exact) mass is 268 g/mol. The molecule has 0 saturated carbocycles. The minimum absolute atomic E-state index is 0.352. The van der Waals surface area contributed by atoms with Crippen LogP contribution >= 0.6 is 12.2 Å². The second kappa shape index (κ2) is 6.75. The maximum atomic E-state index is 4.93. The van der Waals surface area contributed by atoms with Crippen molar-refractivity contribution in [2.24, 2.45) is 0 Å². The molecule has 2 heterocycles. The van der Waals surface area contributed by atoms with Gasteiger partial charge in [-0.25, -0.2) is 0 Å². The Labute approximate surface area is 116 Å². The molecule has 0 spiro atoms. The summed E-state index contributed by atoms with van der Waals surface area (Å²) >= 11 is 4.93. The Morgan fingerprint density at radius 1 is 0.833 bits per heavy atom. The van der Waals surface area contributed by atoms with E-state index >= 15 is 0 Å². The lowest BCUT2D eigenvalue weighted by molar-refractivity contribution is 0.0168. The van der Waals surface area contributed by atoms with Crippen molar-refractivity contribution in [2.75, 3.05) is 66.5 Å². The highest BCUT2D eigenvalue weighted by molar-refractivity contribution is 7.78. The lowest BCUT2D eigenvalue weighted by Gasteiger charge is -2.44. The molecule has 2 rings (SSSR count). The fourth-order valence-electron chi connectivity index (χ4n) is 2.68. The van der Waals surface area contributed by atoms with Gasteiger partial charge in [0.05, 0.1) is 6.17 Å². The molecule has 2 saturated heterocycles. The first-order valence-corrected chi connectivity index (χ1v) is 7.18. The lowest BCUT2D eigenvalue weighted by atomic mass is 10.2. The highest BCUT2D eigenvalue weighted by atomic mass is 32.1. The lowest BCUT2D eigenvalue weighted by Crippen LogP contribution is -2.58. The largest absolute Gasteiger partial charge is 0.304 e. The number of rotatable bonds is 3. The van der Waals surface area contributed by atoms with Crippen LogP contribution in [0, 0.1) is 0 Å². The van der Waals surface area contributed by atoms with E-state index in [4.69, 9.17) is 12.2 Å². The Kier molecular flexibility index (Phi) is 5.30. The third kappa shape index (κ3) is 3.60. The first-order chi connectivity index (χ1) is 8.70. The third-order valence-corrected chi connectivity index (χ3v) is 4.18. The number of likely N-dealkylation sites (N-methyl/N-ethyl adjacent to an activating group) is 2. The van der Waals surface area contributed by atoms with Gasteiger partial charge in [0.1, 0.15) is 0 Å². The van der Waals surface area contributed by atoms with Gasteiger partial charge in [-0.3, -0.25) is 9.80 Å². The zero-order valence-corrected chi connectivity index (χ0v) is 12.3. The summed E-state index contributed by atoms with van der Waals surface area (Å²) in [4.78, 5) is 9.84. The maximum absolute atomic E-state index is 4.93. The molecule has 0 aromatic carbocycles. The van der Waals surface area contributed by atoms with Crippen molar-refractivity contribution < 1.29 is 0 Å². The second-order valence-electron chi connectivity index (χ2n) is 5.38. The smallest absolute Gasteiger partial charge is 0.0900 e. The van der Waals surface area contributed by atoms with Crippen LogP contribution in [0.5, 0.6) is 0 Å². The number of thiocarbonyl (C=S) groups is 1. The van der Waals surface area contributed by atoms with E-state index < -0.39 is 0 Å². The van der Waals surface area contributed by atoms with E-state index in [1.807, 2.05) is 0 Å². The minimum Gasteiger partial charge on any atom is -0.304 e. The molecule has 0 aromatic rings. The molecule has 0 radical (unpaired) electrons. The van der Waals surface area contributed by atoms with Gasteiger partial charge in [0.2, 0.25) is 0 Å².